The Bertz CT molecular complexity index is 470. The van der Waals surface area contributed by atoms with Crippen molar-refractivity contribution in [1.82, 2.24) is 5.32 Å². The fourth-order valence-corrected chi connectivity index (χ4v) is 3.82. The van der Waals surface area contributed by atoms with Gasteiger partial charge >= 0.3 is 0 Å². The van der Waals surface area contributed by atoms with E-state index in [4.69, 9.17) is 0 Å². The lowest BCUT2D eigenvalue weighted by molar-refractivity contribution is 0.0950. The first kappa shape index (κ1) is 16.2. The SMILES string of the molecule is CCCNc1ccccc1C(=O)NCC1(SC)CCCC1. The highest BCUT2D eigenvalue weighted by molar-refractivity contribution is 8.00. The van der Waals surface area contributed by atoms with Crippen LogP contribution < -0.4 is 10.6 Å². The summed E-state index contributed by atoms with van der Waals surface area (Å²) in [5.41, 5.74) is 1.68. The second-order valence-corrected chi connectivity index (χ2v) is 7.02. The largest absolute Gasteiger partial charge is 0.384 e. The lowest BCUT2D eigenvalue weighted by Crippen LogP contribution is -2.38. The fourth-order valence-electron chi connectivity index (χ4n) is 2.90. The number of nitrogens with one attached hydrogen (secondary N) is 2. The maximum Gasteiger partial charge on any atom is 0.253 e. The van der Waals surface area contributed by atoms with Crippen LogP contribution in [0.1, 0.15) is 49.4 Å². The Kier molecular flexibility index (Phi) is 5.97. The van der Waals surface area contributed by atoms with Crippen molar-refractivity contribution in [3.05, 3.63) is 29.8 Å². The van der Waals surface area contributed by atoms with Crippen molar-refractivity contribution in [1.29, 1.82) is 0 Å². The van der Waals surface area contributed by atoms with Crippen molar-refractivity contribution >= 4 is 23.4 Å². The number of anilines is 1. The molecule has 0 radical (unpaired) electrons. The van der Waals surface area contributed by atoms with E-state index in [-0.39, 0.29) is 10.7 Å². The molecule has 0 bridgehead atoms. The van der Waals surface area contributed by atoms with E-state index in [1.54, 1.807) is 0 Å². The number of carbonyl (C=O) groups excluding carboxylic acids is 1. The number of benzene rings is 1. The summed E-state index contributed by atoms with van der Waals surface area (Å²) in [4.78, 5) is 12.5. The maximum absolute atomic E-state index is 12.5. The predicted octanol–water partition coefficient (Wildman–Crippen LogP) is 3.91. The minimum absolute atomic E-state index is 0.0366. The number of carbonyl (C=O) groups is 1. The lowest BCUT2D eigenvalue weighted by atomic mass is 10.1. The van der Waals surface area contributed by atoms with Gasteiger partial charge in [0, 0.05) is 23.5 Å². The second kappa shape index (κ2) is 7.74. The first-order chi connectivity index (χ1) is 10.2. The number of hydrogen-bond donors (Lipinski definition) is 2. The molecule has 0 aromatic heterocycles. The summed E-state index contributed by atoms with van der Waals surface area (Å²) < 4.78 is 0.251. The summed E-state index contributed by atoms with van der Waals surface area (Å²) in [7, 11) is 0. The molecule has 0 saturated heterocycles. The molecule has 1 saturated carbocycles. The molecule has 0 unspecified atom stereocenters. The smallest absolute Gasteiger partial charge is 0.253 e. The zero-order valence-corrected chi connectivity index (χ0v) is 13.9. The average Bonchev–Trinajstić information content (AvgIpc) is 3.00. The van der Waals surface area contributed by atoms with Crippen molar-refractivity contribution in [2.75, 3.05) is 24.7 Å². The lowest BCUT2D eigenvalue weighted by Gasteiger charge is -2.27. The third-order valence-electron chi connectivity index (χ3n) is 4.26. The Morgan fingerprint density at radius 2 is 2.00 bits per heavy atom. The summed E-state index contributed by atoms with van der Waals surface area (Å²) >= 11 is 1.90. The number of para-hydroxylation sites is 1. The first-order valence-corrected chi connectivity index (χ1v) is 9.09. The van der Waals surface area contributed by atoms with Gasteiger partial charge in [0.05, 0.1) is 5.56 Å². The summed E-state index contributed by atoms with van der Waals surface area (Å²) in [6.07, 6.45) is 8.20. The Balaban J connectivity index is 2.00. The van der Waals surface area contributed by atoms with Crippen LogP contribution in [0.5, 0.6) is 0 Å². The van der Waals surface area contributed by atoms with Gasteiger partial charge in [-0.3, -0.25) is 4.79 Å². The van der Waals surface area contributed by atoms with Crippen molar-refractivity contribution < 1.29 is 4.79 Å². The molecule has 1 aromatic rings. The van der Waals surface area contributed by atoms with E-state index in [0.717, 1.165) is 30.8 Å². The van der Waals surface area contributed by atoms with E-state index in [2.05, 4.69) is 23.8 Å². The van der Waals surface area contributed by atoms with Crippen molar-refractivity contribution in [2.45, 2.75) is 43.8 Å². The highest BCUT2D eigenvalue weighted by Crippen LogP contribution is 2.39. The molecule has 0 spiro atoms. The number of amides is 1. The van der Waals surface area contributed by atoms with Gasteiger partial charge in [-0.2, -0.15) is 11.8 Å². The monoisotopic (exact) mass is 306 g/mol. The van der Waals surface area contributed by atoms with Crippen molar-refractivity contribution in [2.24, 2.45) is 0 Å². The van der Waals surface area contributed by atoms with Gasteiger partial charge in [0.2, 0.25) is 0 Å². The first-order valence-electron chi connectivity index (χ1n) is 7.87. The quantitative estimate of drug-likeness (QED) is 0.802. The van der Waals surface area contributed by atoms with Gasteiger partial charge in [-0.1, -0.05) is 31.9 Å². The van der Waals surface area contributed by atoms with Gasteiger partial charge < -0.3 is 10.6 Å². The van der Waals surface area contributed by atoms with E-state index in [1.807, 2.05) is 36.0 Å². The summed E-state index contributed by atoms with van der Waals surface area (Å²) in [6.45, 7) is 3.78. The summed E-state index contributed by atoms with van der Waals surface area (Å²) in [6, 6.07) is 7.76. The molecule has 0 aliphatic heterocycles. The Hall–Kier alpha value is -1.16. The topological polar surface area (TPSA) is 41.1 Å². The summed E-state index contributed by atoms with van der Waals surface area (Å²) in [5.74, 6) is 0.0366. The molecule has 4 heteroatoms. The third-order valence-corrected chi connectivity index (χ3v) is 5.67. The highest BCUT2D eigenvalue weighted by atomic mass is 32.2. The van der Waals surface area contributed by atoms with Crippen LogP contribution in [0.25, 0.3) is 0 Å². The molecule has 0 heterocycles. The Labute approximate surface area is 132 Å². The maximum atomic E-state index is 12.5. The molecular weight excluding hydrogens is 280 g/mol. The van der Waals surface area contributed by atoms with E-state index in [0.29, 0.717) is 0 Å². The van der Waals surface area contributed by atoms with E-state index in [1.165, 1.54) is 25.7 Å². The summed E-state index contributed by atoms with van der Waals surface area (Å²) in [5, 5.41) is 6.48. The van der Waals surface area contributed by atoms with Crippen LogP contribution in [0, 0.1) is 0 Å². The zero-order valence-electron chi connectivity index (χ0n) is 13.1. The van der Waals surface area contributed by atoms with Crippen LogP contribution in [-0.4, -0.2) is 30.0 Å². The normalized spacial score (nSPS) is 16.7. The fraction of sp³-hybridized carbons (Fsp3) is 0.588. The van der Waals surface area contributed by atoms with Crippen LogP contribution in [0.3, 0.4) is 0 Å². The average molecular weight is 306 g/mol. The standard InChI is InChI=1S/C17H26N2OS/c1-3-12-18-15-9-5-4-8-14(15)16(20)19-13-17(21-2)10-6-7-11-17/h4-5,8-9,18H,3,6-7,10-13H2,1-2H3,(H,19,20). The van der Waals surface area contributed by atoms with Crippen molar-refractivity contribution in [3.63, 3.8) is 0 Å². The van der Waals surface area contributed by atoms with Gasteiger partial charge in [0.1, 0.15) is 0 Å². The molecule has 0 atom stereocenters. The molecule has 2 rings (SSSR count). The van der Waals surface area contributed by atoms with Gasteiger partial charge in [0.25, 0.3) is 5.91 Å². The minimum Gasteiger partial charge on any atom is -0.384 e. The molecule has 3 nitrogen and oxygen atoms in total. The molecule has 116 valence electrons. The van der Waals surface area contributed by atoms with Gasteiger partial charge in [0.15, 0.2) is 0 Å². The zero-order chi connectivity index (χ0) is 15.1. The number of hydrogen-bond acceptors (Lipinski definition) is 3. The van der Waals surface area contributed by atoms with Gasteiger partial charge in [-0.05, 0) is 37.7 Å². The minimum atomic E-state index is 0.0366. The van der Waals surface area contributed by atoms with Gasteiger partial charge in [-0.15, -0.1) is 0 Å². The van der Waals surface area contributed by atoms with E-state index >= 15 is 0 Å². The van der Waals surface area contributed by atoms with Crippen LogP contribution in [0.15, 0.2) is 24.3 Å². The van der Waals surface area contributed by atoms with E-state index in [9.17, 15) is 4.79 Å². The van der Waals surface area contributed by atoms with Crippen LogP contribution in [0.2, 0.25) is 0 Å². The Morgan fingerprint density at radius 3 is 2.67 bits per heavy atom. The van der Waals surface area contributed by atoms with Crippen LogP contribution >= 0.6 is 11.8 Å². The highest BCUT2D eigenvalue weighted by Gasteiger charge is 2.33. The predicted molar refractivity (Wildman–Crippen MR) is 92.3 cm³/mol. The molecule has 1 aliphatic rings. The van der Waals surface area contributed by atoms with Gasteiger partial charge in [-0.25, -0.2) is 0 Å². The molecule has 21 heavy (non-hydrogen) atoms. The van der Waals surface area contributed by atoms with Crippen molar-refractivity contribution in [3.8, 4) is 0 Å². The molecular formula is C17H26N2OS. The Morgan fingerprint density at radius 1 is 1.29 bits per heavy atom. The molecule has 1 fully saturated rings. The molecule has 1 aromatic carbocycles. The number of rotatable bonds is 7. The molecule has 1 amide bonds. The molecule has 2 N–H and O–H groups in total. The second-order valence-electron chi connectivity index (χ2n) is 5.75. The number of thioether (sulfide) groups is 1. The van der Waals surface area contributed by atoms with Crippen LogP contribution in [-0.2, 0) is 0 Å². The van der Waals surface area contributed by atoms with Crippen LogP contribution in [0.4, 0.5) is 5.69 Å². The third kappa shape index (κ3) is 4.16. The molecule has 1 aliphatic carbocycles. The van der Waals surface area contributed by atoms with E-state index < -0.39 is 0 Å².